The highest BCUT2D eigenvalue weighted by atomic mass is 16.4. The van der Waals surface area contributed by atoms with Gasteiger partial charge in [0, 0.05) is 39.0 Å². The van der Waals surface area contributed by atoms with E-state index in [1.807, 2.05) is 0 Å². The second kappa shape index (κ2) is 26.5. The average molecular weight is 669 g/mol. The first-order valence-electron chi connectivity index (χ1n) is 17.1. The highest BCUT2D eigenvalue weighted by Gasteiger charge is 2.34. The van der Waals surface area contributed by atoms with Crippen LogP contribution in [-0.2, 0) is 9.59 Å². The summed E-state index contributed by atoms with van der Waals surface area (Å²) in [4.78, 5) is 29.0. The fourth-order valence-electron chi connectivity index (χ4n) is 5.10. The second-order valence-corrected chi connectivity index (χ2v) is 12.3. The minimum atomic E-state index is -1.90. The first-order chi connectivity index (χ1) is 21.9. The van der Waals surface area contributed by atoms with Crippen LogP contribution >= 0.6 is 0 Å². The molecule has 0 aliphatic heterocycles. The molecule has 14 nitrogen and oxygen atoms in total. The number of rotatable bonds is 29. The van der Waals surface area contributed by atoms with Crippen LogP contribution in [-0.4, -0.2) is 161 Å². The Bertz CT molecular complexity index is 717. The highest BCUT2D eigenvalue weighted by Crippen LogP contribution is 2.14. The van der Waals surface area contributed by atoms with Crippen molar-refractivity contribution in [1.82, 2.24) is 9.80 Å². The number of amides is 2. The zero-order chi connectivity index (χ0) is 35.1. The monoisotopic (exact) mass is 668 g/mol. The van der Waals surface area contributed by atoms with Gasteiger partial charge in [-0.2, -0.15) is 0 Å². The van der Waals surface area contributed by atoms with E-state index in [0.29, 0.717) is 12.8 Å². The van der Waals surface area contributed by atoms with Gasteiger partial charge in [0.05, 0.1) is 13.2 Å². The minimum Gasteiger partial charge on any atom is -0.394 e. The van der Waals surface area contributed by atoms with Crippen molar-refractivity contribution in [2.45, 2.75) is 153 Å². The predicted octanol–water partition coefficient (Wildman–Crippen LogP) is -0.983. The summed E-state index contributed by atoms with van der Waals surface area (Å²) in [5.74, 6) is -0.770. The number of aliphatic hydroxyl groups is 10. The molecule has 0 saturated heterocycles. The van der Waals surface area contributed by atoms with E-state index in [9.17, 15) is 50.4 Å². The largest absolute Gasteiger partial charge is 0.394 e. The Morgan fingerprint density at radius 2 is 0.739 bits per heavy atom. The molecule has 0 heterocycles. The average Bonchev–Trinajstić information content (AvgIpc) is 3.06. The Kier molecular flexibility index (Phi) is 25.6. The van der Waals surface area contributed by atoms with Gasteiger partial charge in [-0.25, -0.2) is 0 Å². The number of unbranched alkanes of at least 4 members (excludes halogenated alkanes) is 10. The van der Waals surface area contributed by atoms with Gasteiger partial charge in [0.1, 0.15) is 48.8 Å². The number of hydrogen-bond donors (Lipinski definition) is 10. The van der Waals surface area contributed by atoms with Crippen LogP contribution in [0, 0.1) is 0 Å². The van der Waals surface area contributed by atoms with Crippen molar-refractivity contribution in [2.75, 3.05) is 39.4 Å². The lowest BCUT2D eigenvalue weighted by Gasteiger charge is -2.34. The summed E-state index contributed by atoms with van der Waals surface area (Å²) in [7, 11) is 0. The number of hydrogen-bond acceptors (Lipinski definition) is 12. The lowest BCUT2D eigenvalue weighted by Crippen LogP contribution is -2.53. The van der Waals surface area contributed by atoms with Gasteiger partial charge in [-0.1, -0.05) is 78.1 Å². The van der Waals surface area contributed by atoms with Crippen molar-refractivity contribution < 1.29 is 60.7 Å². The molecule has 10 N–H and O–H groups in total. The molecule has 0 aromatic rings. The molecule has 0 radical (unpaired) electrons. The van der Waals surface area contributed by atoms with E-state index in [1.165, 1.54) is 9.80 Å². The molecule has 0 aromatic heterocycles. The third kappa shape index (κ3) is 18.2. The predicted molar refractivity (Wildman–Crippen MR) is 171 cm³/mol. The fourth-order valence-corrected chi connectivity index (χ4v) is 5.10. The standard InChI is InChI=1S/C32H64N2O12/c1-3-5-7-9-11-13-15-27(41)33(19-23(37)29(43)31(45)25(39)21-35)17-18-34(28(42)16-14-12-10-8-6-4-2)20-24(38)30(44)32(46)26(40)22-36/h23-26,29-32,35-40,43-46H,3-22H2,1-2H3. The van der Waals surface area contributed by atoms with Crippen molar-refractivity contribution in [1.29, 1.82) is 0 Å². The van der Waals surface area contributed by atoms with Crippen molar-refractivity contribution in [2.24, 2.45) is 0 Å². The highest BCUT2D eigenvalue weighted by molar-refractivity contribution is 5.77. The second-order valence-electron chi connectivity index (χ2n) is 12.3. The lowest BCUT2D eigenvalue weighted by molar-refractivity contribution is -0.144. The summed E-state index contributed by atoms with van der Waals surface area (Å²) in [5, 5.41) is 99.7. The zero-order valence-electron chi connectivity index (χ0n) is 27.9. The quantitative estimate of drug-likeness (QED) is 0.0433. The molecule has 0 aliphatic rings. The Labute approximate surface area is 274 Å². The van der Waals surface area contributed by atoms with E-state index in [4.69, 9.17) is 10.2 Å². The van der Waals surface area contributed by atoms with Gasteiger partial charge in [-0.05, 0) is 12.8 Å². The third-order valence-electron chi connectivity index (χ3n) is 8.30. The summed E-state index contributed by atoms with van der Waals surface area (Å²) in [6.45, 7) is 1.25. The molecular weight excluding hydrogens is 604 g/mol. The van der Waals surface area contributed by atoms with Crippen LogP contribution in [0.15, 0.2) is 0 Å². The molecule has 0 fully saturated rings. The molecule has 14 heteroatoms. The van der Waals surface area contributed by atoms with Crippen LogP contribution in [0.3, 0.4) is 0 Å². The van der Waals surface area contributed by atoms with Gasteiger partial charge in [0.25, 0.3) is 0 Å². The molecule has 0 spiro atoms. The SMILES string of the molecule is CCCCCCCCC(=O)N(CCN(CC(O)C(O)C(O)C(O)CO)C(=O)CCCCCCCC)CC(O)C(O)C(O)C(O)CO. The van der Waals surface area contributed by atoms with E-state index in [1.54, 1.807) is 0 Å². The summed E-state index contributed by atoms with van der Waals surface area (Å²) in [6, 6.07) is 0. The molecule has 2 amide bonds. The van der Waals surface area contributed by atoms with Gasteiger partial charge in [-0.15, -0.1) is 0 Å². The molecule has 0 aromatic carbocycles. The van der Waals surface area contributed by atoms with Crippen LogP contribution in [0.2, 0.25) is 0 Å². The Morgan fingerprint density at radius 3 is 1.04 bits per heavy atom. The van der Waals surface area contributed by atoms with E-state index in [-0.39, 0.29) is 37.7 Å². The van der Waals surface area contributed by atoms with Crippen molar-refractivity contribution in [3.63, 3.8) is 0 Å². The fraction of sp³-hybridized carbons (Fsp3) is 0.938. The number of nitrogens with zero attached hydrogens (tertiary/aromatic N) is 2. The van der Waals surface area contributed by atoms with Crippen LogP contribution in [0.25, 0.3) is 0 Å². The van der Waals surface area contributed by atoms with Gasteiger partial charge in [0.15, 0.2) is 0 Å². The summed E-state index contributed by atoms with van der Waals surface area (Å²) in [6.07, 6.45) is -3.13. The molecule has 0 aliphatic carbocycles. The Hall–Kier alpha value is -1.46. The molecule has 46 heavy (non-hydrogen) atoms. The molecule has 0 bridgehead atoms. The molecule has 8 atom stereocenters. The van der Waals surface area contributed by atoms with Crippen molar-refractivity contribution in [3.05, 3.63) is 0 Å². The maximum Gasteiger partial charge on any atom is 0.222 e. The van der Waals surface area contributed by atoms with Gasteiger partial charge in [-0.3, -0.25) is 9.59 Å². The number of carbonyl (C=O) groups is 2. The maximum atomic E-state index is 13.3. The molecule has 8 unspecified atom stereocenters. The van der Waals surface area contributed by atoms with Crippen LogP contribution in [0.4, 0.5) is 0 Å². The van der Waals surface area contributed by atoms with Gasteiger partial charge >= 0.3 is 0 Å². The summed E-state index contributed by atoms with van der Waals surface area (Å²) in [5.41, 5.74) is 0. The van der Waals surface area contributed by atoms with E-state index in [2.05, 4.69) is 13.8 Å². The minimum absolute atomic E-state index is 0.120. The number of aliphatic hydroxyl groups excluding tert-OH is 10. The molecule has 0 rings (SSSR count). The normalized spacial score (nSPS) is 17.0. The first kappa shape index (κ1) is 44.5. The van der Waals surface area contributed by atoms with E-state index >= 15 is 0 Å². The zero-order valence-corrected chi connectivity index (χ0v) is 27.9. The van der Waals surface area contributed by atoms with Gasteiger partial charge < -0.3 is 60.9 Å². The number of carbonyl (C=O) groups excluding carboxylic acids is 2. The van der Waals surface area contributed by atoms with E-state index < -0.39 is 75.1 Å². The topological polar surface area (TPSA) is 243 Å². The molecule has 274 valence electrons. The Balaban J connectivity index is 5.78. The first-order valence-corrected chi connectivity index (χ1v) is 17.1. The van der Waals surface area contributed by atoms with Crippen LogP contribution in [0.1, 0.15) is 104 Å². The van der Waals surface area contributed by atoms with Crippen molar-refractivity contribution >= 4 is 11.8 Å². The Morgan fingerprint density at radius 1 is 0.457 bits per heavy atom. The molecular formula is C32H64N2O12. The van der Waals surface area contributed by atoms with Gasteiger partial charge in [0.2, 0.25) is 11.8 Å². The van der Waals surface area contributed by atoms with E-state index in [0.717, 1.165) is 64.2 Å². The summed E-state index contributed by atoms with van der Waals surface area (Å²) < 4.78 is 0. The molecule has 0 saturated carbocycles. The van der Waals surface area contributed by atoms with Crippen LogP contribution in [0.5, 0.6) is 0 Å². The maximum absolute atomic E-state index is 13.3. The smallest absolute Gasteiger partial charge is 0.222 e. The van der Waals surface area contributed by atoms with Crippen LogP contribution < -0.4 is 0 Å². The van der Waals surface area contributed by atoms with Crippen molar-refractivity contribution in [3.8, 4) is 0 Å². The summed E-state index contributed by atoms with van der Waals surface area (Å²) >= 11 is 0. The third-order valence-corrected chi connectivity index (χ3v) is 8.30. The lowest BCUT2D eigenvalue weighted by atomic mass is 10.0.